The minimum atomic E-state index is -3.60. The van der Waals surface area contributed by atoms with Gasteiger partial charge in [-0.3, -0.25) is 0 Å². The number of hydrogen-bond acceptors (Lipinski definition) is 6. The number of anilines is 1. The maximum absolute atomic E-state index is 14.6. The number of nitrogens with two attached hydrogens (primary N) is 1. The summed E-state index contributed by atoms with van der Waals surface area (Å²) < 4.78 is 66.7. The van der Waals surface area contributed by atoms with Crippen molar-refractivity contribution in [3.8, 4) is 0 Å². The highest BCUT2D eigenvalue weighted by atomic mass is 32.2. The van der Waals surface area contributed by atoms with E-state index in [1.807, 2.05) is 0 Å². The molecule has 1 saturated heterocycles. The molecule has 2 N–H and O–H groups in total. The van der Waals surface area contributed by atoms with E-state index in [2.05, 4.69) is 9.97 Å². The van der Waals surface area contributed by atoms with Gasteiger partial charge in [0.25, 0.3) is 0 Å². The normalized spacial score (nSPS) is 21.5. The molecular formula is C21H19F3N4O2S. The van der Waals surface area contributed by atoms with E-state index in [1.54, 1.807) is 29.2 Å². The van der Waals surface area contributed by atoms with Crippen molar-refractivity contribution in [1.29, 1.82) is 0 Å². The molecule has 6 nitrogen and oxygen atoms in total. The average molecular weight is 448 g/mol. The summed E-state index contributed by atoms with van der Waals surface area (Å²) in [6.45, 7) is 0.0738. The highest BCUT2D eigenvalue weighted by Crippen LogP contribution is 2.44. The molecule has 31 heavy (non-hydrogen) atoms. The predicted octanol–water partition coefficient (Wildman–Crippen LogP) is 2.97. The molecule has 1 fully saturated rings. The van der Waals surface area contributed by atoms with Crippen LogP contribution in [0.25, 0.3) is 0 Å². The van der Waals surface area contributed by atoms with Crippen molar-refractivity contribution in [3.05, 3.63) is 83.7 Å². The van der Waals surface area contributed by atoms with Gasteiger partial charge in [0.2, 0.25) is 0 Å². The Kier molecular flexibility index (Phi) is 5.44. The summed E-state index contributed by atoms with van der Waals surface area (Å²) in [5.41, 5.74) is 7.28. The van der Waals surface area contributed by atoms with E-state index < -0.39 is 45.3 Å². The molecule has 1 aromatic heterocycles. The standard InChI is InChI=1S/C21H19F3N4O2S/c1-31(29,30)19-5-3-2-4-18(19)28-10-13(12-8-15(23)16(24)9-14(12)22)20(25)21(28)17-6-7-26-11-27-17/h2-9,11,13,20-21H,10,25H2,1H3. The molecule has 3 atom stereocenters. The molecule has 0 radical (unpaired) electrons. The van der Waals surface area contributed by atoms with Gasteiger partial charge in [-0.25, -0.2) is 31.6 Å². The average Bonchev–Trinajstić information content (AvgIpc) is 3.07. The molecule has 3 unspecified atom stereocenters. The molecule has 2 heterocycles. The predicted molar refractivity (Wildman–Crippen MR) is 109 cm³/mol. The lowest BCUT2D eigenvalue weighted by Crippen LogP contribution is -2.34. The lowest BCUT2D eigenvalue weighted by Gasteiger charge is -2.29. The highest BCUT2D eigenvalue weighted by Gasteiger charge is 2.44. The zero-order chi connectivity index (χ0) is 22.3. The van der Waals surface area contributed by atoms with Crippen molar-refractivity contribution < 1.29 is 21.6 Å². The minimum absolute atomic E-state index is 0.0738. The van der Waals surface area contributed by atoms with Crippen molar-refractivity contribution in [2.75, 3.05) is 17.7 Å². The van der Waals surface area contributed by atoms with E-state index in [0.29, 0.717) is 17.4 Å². The van der Waals surface area contributed by atoms with Crippen molar-refractivity contribution >= 4 is 15.5 Å². The Hall–Kier alpha value is -2.98. The topological polar surface area (TPSA) is 89.2 Å². The molecule has 1 aliphatic rings. The molecule has 10 heteroatoms. The molecule has 0 bridgehead atoms. The fourth-order valence-electron chi connectivity index (χ4n) is 4.09. The number of halogens is 3. The quantitative estimate of drug-likeness (QED) is 0.618. The Morgan fingerprint density at radius 1 is 1.06 bits per heavy atom. The number of rotatable bonds is 4. The van der Waals surface area contributed by atoms with Gasteiger partial charge in [-0.05, 0) is 29.8 Å². The molecule has 0 aliphatic carbocycles. The largest absolute Gasteiger partial charge is 0.360 e. The third-order valence-corrected chi connectivity index (χ3v) is 6.62. The van der Waals surface area contributed by atoms with Crippen LogP contribution < -0.4 is 10.6 Å². The van der Waals surface area contributed by atoms with Crippen LogP contribution in [0.2, 0.25) is 0 Å². The van der Waals surface area contributed by atoms with Crippen LogP contribution in [0, 0.1) is 17.5 Å². The Balaban J connectivity index is 1.88. The van der Waals surface area contributed by atoms with Gasteiger partial charge in [0, 0.05) is 37.0 Å². The van der Waals surface area contributed by atoms with E-state index in [1.165, 1.54) is 18.6 Å². The first-order chi connectivity index (χ1) is 14.7. The van der Waals surface area contributed by atoms with Gasteiger partial charge in [0.05, 0.1) is 22.3 Å². The molecular weight excluding hydrogens is 429 g/mol. The fraction of sp³-hybridized carbons (Fsp3) is 0.238. The third-order valence-electron chi connectivity index (χ3n) is 5.48. The van der Waals surface area contributed by atoms with Crippen LogP contribution in [0.4, 0.5) is 18.9 Å². The van der Waals surface area contributed by atoms with Gasteiger partial charge in [0.15, 0.2) is 21.5 Å². The Morgan fingerprint density at radius 2 is 1.77 bits per heavy atom. The fourth-order valence-corrected chi connectivity index (χ4v) is 4.98. The van der Waals surface area contributed by atoms with Crippen molar-refractivity contribution in [1.82, 2.24) is 9.97 Å². The maximum atomic E-state index is 14.6. The zero-order valence-electron chi connectivity index (χ0n) is 16.4. The first-order valence-corrected chi connectivity index (χ1v) is 11.3. The lowest BCUT2D eigenvalue weighted by atomic mass is 9.90. The number of sulfone groups is 1. The molecule has 1 aliphatic heterocycles. The van der Waals surface area contributed by atoms with Crippen LogP contribution in [-0.4, -0.2) is 37.2 Å². The van der Waals surface area contributed by atoms with E-state index >= 15 is 0 Å². The SMILES string of the molecule is CS(=O)(=O)c1ccccc1N1CC(c2cc(F)c(F)cc2F)C(N)C1c1ccncn1. The number of nitrogens with zero attached hydrogens (tertiary/aromatic N) is 3. The van der Waals surface area contributed by atoms with Crippen LogP contribution in [0.3, 0.4) is 0 Å². The van der Waals surface area contributed by atoms with Crippen LogP contribution >= 0.6 is 0 Å². The van der Waals surface area contributed by atoms with Crippen molar-refractivity contribution in [2.45, 2.75) is 22.9 Å². The van der Waals surface area contributed by atoms with Crippen LogP contribution in [0.1, 0.15) is 23.2 Å². The van der Waals surface area contributed by atoms with Gasteiger partial charge < -0.3 is 10.6 Å². The molecule has 0 saturated carbocycles. The molecule has 0 spiro atoms. The van der Waals surface area contributed by atoms with Gasteiger partial charge in [-0.15, -0.1) is 0 Å². The van der Waals surface area contributed by atoms with Crippen molar-refractivity contribution in [3.63, 3.8) is 0 Å². The van der Waals surface area contributed by atoms with Crippen LogP contribution in [0.15, 0.2) is 59.9 Å². The number of aromatic nitrogens is 2. The summed E-state index contributed by atoms with van der Waals surface area (Å²) >= 11 is 0. The van der Waals surface area contributed by atoms with Crippen molar-refractivity contribution in [2.24, 2.45) is 5.73 Å². The second-order valence-electron chi connectivity index (χ2n) is 7.44. The summed E-state index contributed by atoms with van der Waals surface area (Å²) in [6, 6.07) is 7.86. The van der Waals surface area contributed by atoms with Crippen LogP contribution in [0.5, 0.6) is 0 Å². The van der Waals surface area contributed by atoms with Gasteiger partial charge in [-0.1, -0.05) is 12.1 Å². The summed E-state index contributed by atoms with van der Waals surface area (Å²) in [6.07, 6.45) is 3.93. The van der Waals surface area contributed by atoms with E-state index in [-0.39, 0.29) is 17.0 Å². The molecule has 2 aromatic carbocycles. The van der Waals surface area contributed by atoms with Gasteiger partial charge in [-0.2, -0.15) is 0 Å². The number of benzene rings is 2. The number of hydrogen-bond donors (Lipinski definition) is 1. The first-order valence-electron chi connectivity index (χ1n) is 9.40. The smallest absolute Gasteiger partial charge is 0.177 e. The minimum Gasteiger partial charge on any atom is -0.360 e. The van der Waals surface area contributed by atoms with Crippen LogP contribution in [-0.2, 0) is 9.84 Å². The molecule has 162 valence electrons. The zero-order valence-corrected chi connectivity index (χ0v) is 17.2. The third kappa shape index (κ3) is 3.88. The van der Waals surface area contributed by atoms with E-state index in [4.69, 9.17) is 5.73 Å². The summed E-state index contributed by atoms with van der Waals surface area (Å²) in [4.78, 5) is 9.94. The van der Waals surface area contributed by atoms with E-state index in [0.717, 1.165) is 12.3 Å². The van der Waals surface area contributed by atoms with E-state index in [9.17, 15) is 21.6 Å². The highest BCUT2D eigenvalue weighted by molar-refractivity contribution is 7.90. The second-order valence-corrected chi connectivity index (χ2v) is 9.43. The number of para-hydroxylation sites is 1. The maximum Gasteiger partial charge on any atom is 0.177 e. The summed E-state index contributed by atoms with van der Waals surface area (Å²) in [5, 5.41) is 0. The Morgan fingerprint density at radius 3 is 2.45 bits per heavy atom. The van der Waals surface area contributed by atoms with Gasteiger partial charge in [0.1, 0.15) is 12.1 Å². The summed E-state index contributed by atoms with van der Waals surface area (Å²) in [7, 11) is -3.60. The Bertz CT molecular complexity index is 1220. The van der Waals surface area contributed by atoms with Gasteiger partial charge >= 0.3 is 0 Å². The first kappa shape index (κ1) is 21.3. The molecule has 4 rings (SSSR count). The monoisotopic (exact) mass is 448 g/mol. The lowest BCUT2D eigenvalue weighted by molar-refractivity contribution is 0.477. The molecule has 3 aromatic rings. The Labute approximate surface area is 177 Å². The summed E-state index contributed by atoms with van der Waals surface area (Å²) in [5.74, 6) is -4.14. The second kappa shape index (κ2) is 7.93. The molecule has 0 amide bonds.